The van der Waals surface area contributed by atoms with Gasteiger partial charge in [-0.1, -0.05) is 6.07 Å². The van der Waals surface area contributed by atoms with Crippen molar-refractivity contribution in [3.63, 3.8) is 0 Å². The van der Waals surface area contributed by atoms with Gasteiger partial charge in [0, 0.05) is 50.5 Å². The molecule has 0 saturated carbocycles. The molecule has 3 aliphatic heterocycles. The highest BCUT2D eigenvalue weighted by atomic mass is 32.2. The predicted octanol–water partition coefficient (Wildman–Crippen LogP) is 3.27. The van der Waals surface area contributed by atoms with E-state index < -0.39 is 32.2 Å². The summed E-state index contributed by atoms with van der Waals surface area (Å²) < 4.78 is 73.9. The van der Waals surface area contributed by atoms with Crippen LogP contribution in [0.3, 0.4) is 0 Å². The van der Waals surface area contributed by atoms with Crippen LogP contribution in [0.2, 0.25) is 0 Å². The summed E-state index contributed by atoms with van der Waals surface area (Å²) >= 11 is 0. The van der Waals surface area contributed by atoms with Crippen molar-refractivity contribution >= 4 is 15.7 Å². The van der Waals surface area contributed by atoms with Gasteiger partial charge in [0.15, 0.2) is 0 Å². The molecular formula is C23H26F3N3O4S. The lowest BCUT2D eigenvalue weighted by Gasteiger charge is -2.46. The molecule has 184 valence electrons. The van der Waals surface area contributed by atoms with Crippen LogP contribution in [0, 0.1) is 5.92 Å². The molecule has 2 bridgehead atoms. The van der Waals surface area contributed by atoms with Crippen molar-refractivity contribution in [2.75, 3.05) is 31.0 Å². The molecular weight excluding hydrogens is 471 g/mol. The van der Waals surface area contributed by atoms with E-state index in [0.29, 0.717) is 18.7 Å². The molecule has 2 atom stereocenters. The zero-order valence-corrected chi connectivity index (χ0v) is 19.2. The first-order chi connectivity index (χ1) is 16.1. The highest BCUT2D eigenvalue weighted by Crippen LogP contribution is 2.37. The van der Waals surface area contributed by atoms with E-state index in [0.717, 1.165) is 69.5 Å². The molecule has 0 unspecified atom stereocenters. The minimum atomic E-state index is -4.67. The molecule has 5 rings (SSSR count). The molecule has 1 N–H and O–H groups in total. The first-order valence-electron chi connectivity index (χ1n) is 11.4. The van der Waals surface area contributed by atoms with E-state index in [2.05, 4.69) is 9.62 Å². The maximum Gasteiger partial charge on any atom is 0.416 e. The van der Waals surface area contributed by atoms with E-state index in [-0.39, 0.29) is 17.5 Å². The second-order valence-electron chi connectivity index (χ2n) is 9.31. The van der Waals surface area contributed by atoms with Crippen LogP contribution in [0.5, 0.6) is 0 Å². The Morgan fingerprint density at radius 2 is 1.79 bits per heavy atom. The lowest BCUT2D eigenvalue weighted by Crippen LogP contribution is -2.51. The van der Waals surface area contributed by atoms with Crippen LogP contribution in [0.25, 0.3) is 0 Å². The van der Waals surface area contributed by atoms with Crippen LogP contribution in [0.1, 0.15) is 36.4 Å². The Balaban J connectivity index is 1.39. The van der Waals surface area contributed by atoms with Crippen LogP contribution in [-0.4, -0.2) is 50.2 Å². The molecule has 2 saturated heterocycles. The summed E-state index contributed by atoms with van der Waals surface area (Å²) in [5.41, 5.74) is -0.829. The molecule has 0 aliphatic carbocycles. The molecule has 2 aromatic rings. The van der Waals surface area contributed by atoms with Gasteiger partial charge in [-0.2, -0.15) is 13.2 Å². The molecule has 34 heavy (non-hydrogen) atoms. The molecule has 2 fully saturated rings. The minimum Gasteiger partial charge on any atom is -0.381 e. The Bertz CT molecular complexity index is 1240. The Morgan fingerprint density at radius 3 is 2.53 bits per heavy atom. The van der Waals surface area contributed by atoms with Gasteiger partial charge in [-0.25, -0.2) is 8.42 Å². The number of pyridine rings is 1. The fraction of sp³-hybridized carbons (Fsp3) is 0.522. The van der Waals surface area contributed by atoms with Crippen molar-refractivity contribution < 1.29 is 26.3 Å². The number of nitrogens with one attached hydrogen (secondary N) is 1. The van der Waals surface area contributed by atoms with E-state index in [1.54, 1.807) is 10.6 Å². The van der Waals surface area contributed by atoms with Crippen LogP contribution in [0.15, 0.2) is 46.1 Å². The van der Waals surface area contributed by atoms with Gasteiger partial charge in [0.25, 0.3) is 15.6 Å². The van der Waals surface area contributed by atoms with E-state index in [9.17, 15) is 26.4 Å². The van der Waals surface area contributed by atoms with E-state index in [1.807, 2.05) is 0 Å². The van der Waals surface area contributed by atoms with Crippen molar-refractivity contribution in [1.82, 2.24) is 9.47 Å². The lowest BCUT2D eigenvalue weighted by atomic mass is 9.82. The molecule has 0 spiro atoms. The van der Waals surface area contributed by atoms with Crippen molar-refractivity contribution in [3.8, 4) is 0 Å². The monoisotopic (exact) mass is 497 g/mol. The third kappa shape index (κ3) is 4.48. The Hall–Kier alpha value is -2.37. The Morgan fingerprint density at radius 1 is 1.03 bits per heavy atom. The first kappa shape index (κ1) is 23.4. The minimum absolute atomic E-state index is 0.164. The number of likely N-dealkylation sites (tertiary alicyclic amines) is 1. The van der Waals surface area contributed by atoms with Gasteiger partial charge in [-0.05, 0) is 55.5 Å². The predicted molar refractivity (Wildman–Crippen MR) is 119 cm³/mol. The topological polar surface area (TPSA) is 80.6 Å². The number of ether oxygens (including phenoxy) is 1. The summed E-state index contributed by atoms with van der Waals surface area (Å²) in [6.07, 6.45) is -1.69. The number of rotatable bonds is 4. The zero-order chi connectivity index (χ0) is 24.1. The lowest BCUT2D eigenvalue weighted by molar-refractivity contribution is -0.137. The maximum absolute atomic E-state index is 13.2. The number of sulfonamides is 1. The third-order valence-corrected chi connectivity index (χ3v) is 8.42. The van der Waals surface area contributed by atoms with Crippen molar-refractivity contribution in [2.45, 2.75) is 48.8 Å². The highest BCUT2D eigenvalue weighted by molar-refractivity contribution is 7.92. The summed E-state index contributed by atoms with van der Waals surface area (Å²) in [5, 5.41) is 0. The van der Waals surface area contributed by atoms with Gasteiger partial charge in [-0.3, -0.25) is 14.4 Å². The van der Waals surface area contributed by atoms with E-state index in [1.165, 1.54) is 6.07 Å². The summed E-state index contributed by atoms with van der Waals surface area (Å²) in [6.45, 7) is 3.75. The van der Waals surface area contributed by atoms with Crippen LogP contribution >= 0.6 is 0 Å². The second-order valence-corrected chi connectivity index (χ2v) is 11.0. The van der Waals surface area contributed by atoms with Crippen LogP contribution in [-0.2, 0) is 27.5 Å². The number of halogens is 3. The van der Waals surface area contributed by atoms with Crippen molar-refractivity contribution in [3.05, 3.63) is 58.0 Å². The fourth-order valence-electron chi connectivity index (χ4n) is 5.45. The molecule has 3 aliphatic rings. The summed E-state index contributed by atoms with van der Waals surface area (Å²) in [7, 11) is -4.37. The average molecular weight is 498 g/mol. The molecule has 1 aromatic heterocycles. The SMILES string of the molecule is O=c1c(NS(=O)(=O)c2cccc(C(F)(F)F)c2)ccc2n1C[C@H]1C[C@@H]2CN(C2CCOCC2)C1. The largest absolute Gasteiger partial charge is 0.416 e. The smallest absolute Gasteiger partial charge is 0.381 e. The molecule has 7 nitrogen and oxygen atoms in total. The number of hydrogen-bond donors (Lipinski definition) is 1. The van der Waals surface area contributed by atoms with Gasteiger partial charge in [0.2, 0.25) is 0 Å². The standard InChI is InChI=1S/C23H26F3N3O4S/c24-23(25,26)17-2-1-3-19(11-17)34(31,32)27-20-4-5-21-16-10-15(13-29(21)22(20)30)12-28(14-16)18-6-8-33-9-7-18/h1-5,11,15-16,18,27H,6-10,12-14H2/t15-,16+/m0/s1. The number of fused-ring (bicyclic) bond motifs is 4. The summed E-state index contributed by atoms with van der Waals surface area (Å²) in [5.74, 6) is 0.458. The highest BCUT2D eigenvalue weighted by Gasteiger charge is 2.38. The van der Waals surface area contributed by atoms with Crippen LogP contribution in [0.4, 0.5) is 18.9 Å². The average Bonchev–Trinajstić information content (AvgIpc) is 2.81. The normalized spacial score (nSPS) is 24.0. The van der Waals surface area contributed by atoms with Gasteiger partial charge < -0.3 is 9.30 Å². The fourth-order valence-corrected chi connectivity index (χ4v) is 6.55. The number of nitrogens with zero attached hydrogens (tertiary/aromatic N) is 2. The molecule has 0 radical (unpaired) electrons. The van der Waals surface area contributed by atoms with Crippen molar-refractivity contribution in [1.29, 1.82) is 0 Å². The van der Waals surface area contributed by atoms with Gasteiger partial charge in [0.05, 0.1) is 10.5 Å². The number of hydrogen-bond acceptors (Lipinski definition) is 5. The second kappa shape index (κ2) is 8.69. The molecule has 11 heteroatoms. The van der Waals surface area contributed by atoms with Gasteiger partial charge >= 0.3 is 6.18 Å². The van der Waals surface area contributed by atoms with Crippen molar-refractivity contribution in [2.24, 2.45) is 5.92 Å². The number of benzene rings is 1. The first-order valence-corrected chi connectivity index (χ1v) is 12.9. The summed E-state index contributed by atoms with van der Waals surface area (Å²) in [4.78, 5) is 15.1. The van der Waals surface area contributed by atoms with E-state index >= 15 is 0 Å². The van der Waals surface area contributed by atoms with Gasteiger partial charge in [0.1, 0.15) is 5.69 Å². The summed E-state index contributed by atoms with van der Waals surface area (Å²) in [6, 6.07) is 7.14. The third-order valence-electron chi connectivity index (χ3n) is 7.06. The Kier molecular flexibility index (Phi) is 5.97. The quantitative estimate of drug-likeness (QED) is 0.702. The molecule has 1 aromatic carbocycles. The molecule has 0 amide bonds. The van der Waals surface area contributed by atoms with Gasteiger partial charge in [-0.15, -0.1) is 0 Å². The zero-order valence-electron chi connectivity index (χ0n) is 18.4. The van der Waals surface area contributed by atoms with E-state index in [4.69, 9.17) is 4.74 Å². The number of aromatic nitrogens is 1. The number of anilines is 1. The number of piperidine rings is 1. The maximum atomic E-state index is 13.2. The molecule has 4 heterocycles. The van der Waals surface area contributed by atoms with Crippen LogP contribution < -0.4 is 10.3 Å². The Labute approximate surface area is 195 Å². The number of alkyl halides is 3.